The molecule has 0 aliphatic rings. The Morgan fingerprint density at radius 1 is 0.444 bits per heavy atom. The molecule has 0 saturated heterocycles. The molecule has 54 heavy (non-hydrogen) atoms. The Kier molecular flexibility index (Phi) is 5.55. The zero-order valence-electron chi connectivity index (χ0n) is 35.5. The summed E-state index contributed by atoms with van der Waals surface area (Å²) in [6.07, 6.45) is 0. The molecule has 3 aromatic heterocycles. The summed E-state index contributed by atoms with van der Waals surface area (Å²) in [6, 6.07) is 43.6. The highest BCUT2D eigenvalue weighted by Gasteiger charge is 2.20. The summed E-state index contributed by atoms with van der Waals surface area (Å²) in [5.41, 5.74) is 4.86. The smallest absolute Gasteiger partial charge is 0.166 e. The van der Waals surface area contributed by atoms with E-state index in [2.05, 4.69) is 60.7 Å². The number of nitrogens with zero attached hydrogens (tertiary/aromatic N) is 4. The van der Waals surface area contributed by atoms with Crippen molar-refractivity contribution in [1.29, 1.82) is 0 Å². The minimum atomic E-state index is -0.459. The van der Waals surface area contributed by atoms with Crippen molar-refractivity contribution in [2.75, 3.05) is 0 Å². The van der Waals surface area contributed by atoms with Crippen LogP contribution >= 0.6 is 11.3 Å². The fourth-order valence-corrected chi connectivity index (χ4v) is 8.69. The van der Waals surface area contributed by atoms with E-state index in [1.807, 2.05) is 60.7 Å². The highest BCUT2D eigenvalue weighted by atomic mass is 32.1. The van der Waals surface area contributed by atoms with Gasteiger partial charge >= 0.3 is 0 Å². The molecule has 11 rings (SSSR count). The van der Waals surface area contributed by atoms with E-state index in [0.717, 1.165) is 33.0 Å². The van der Waals surface area contributed by atoms with Crippen molar-refractivity contribution in [3.05, 3.63) is 182 Å². The van der Waals surface area contributed by atoms with Crippen molar-refractivity contribution in [3.8, 4) is 51.0 Å². The second-order valence-electron chi connectivity index (χ2n) is 13.1. The lowest BCUT2D eigenvalue weighted by Crippen LogP contribution is -2.03. The Morgan fingerprint density at radius 3 is 2.04 bits per heavy atom. The highest BCUT2D eigenvalue weighted by molar-refractivity contribution is 7.26. The lowest BCUT2D eigenvalue weighted by molar-refractivity contribution is 1.06. The van der Waals surface area contributed by atoms with Gasteiger partial charge in [0.15, 0.2) is 17.5 Å². The van der Waals surface area contributed by atoms with Gasteiger partial charge in [0.25, 0.3) is 0 Å². The Hall–Kier alpha value is -6.95. The molecular formula is C49H30N4S. The zero-order valence-corrected chi connectivity index (χ0v) is 29.3. The molecule has 5 heteroatoms. The van der Waals surface area contributed by atoms with Crippen molar-refractivity contribution < 1.29 is 9.60 Å². The Morgan fingerprint density at radius 2 is 1.11 bits per heavy atom. The van der Waals surface area contributed by atoms with Crippen LogP contribution in [0.5, 0.6) is 0 Å². The monoisotopic (exact) mass is 713 g/mol. The van der Waals surface area contributed by atoms with Gasteiger partial charge in [0.1, 0.15) is 0 Å². The molecule has 4 nitrogen and oxygen atoms in total. The standard InChI is InChI=1S/C49H30N4S/c1-2-14-32-29-35(28-27-31(32)13-1)48-50-47(34-16-11-15-33(30-34)36-21-12-22-40-39-19-6-10-26-45(39)54-46(36)40)51-49(52-48)41-20-5-9-25-44(41)53-42-23-7-3-17-37(42)38-18-4-8-24-43(38)53/h1-30H/i3D,4D,7D,17D,18D,23D,24D. The maximum atomic E-state index is 9.13. The maximum absolute atomic E-state index is 9.13. The first-order valence-electron chi connectivity index (χ1n) is 21.0. The summed E-state index contributed by atoms with van der Waals surface area (Å²) in [5.74, 6) is 1.15. The number of fused-ring (bicyclic) bond motifs is 7. The minimum absolute atomic E-state index is 0.0714. The number of rotatable bonds is 5. The highest BCUT2D eigenvalue weighted by Crippen LogP contribution is 2.41. The molecule has 0 unspecified atom stereocenters. The topological polar surface area (TPSA) is 43.6 Å². The molecular weight excluding hydrogens is 677 g/mol. The third kappa shape index (κ3) is 4.94. The molecule has 0 aliphatic heterocycles. The fraction of sp³-hybridized carbons (Fsp3) is 0. The molecule has 3 heterocycles. The number of thiophene rings is 1. The van der Waals surface area contributed by atoms with Crippen LogP contribution < -0.4 is 0 Å². The lowest BCUT2D eigenvalue weighted by atomic mass is 10.0. The summed E-state index contributed by atoms with van der Waals surface area (Å²) < 4.78 is 65.8. The van der Waals surface area contributed by atoms with Crippen molar-refractivity contribution >= 4 is 64.1 Å². The van der Waals surface area contributed by atoms with E-state index in [0.29, 0.717) is 28.7 Å². The predicted octanol–water partition coefficient (Wildman–Crippen LogP) is 13.2. The van der Waals surface area contributed by atoms with Gasteiger partial charge in [-0.2, -0.15) is 0 Å². The van der Waals surface area contributed by atoms with Crippen LogP contribution in [0.25, 0.3) is 104 Å². The van der Waals surface area contributed by atoms with Crippen LogP contribution in [0.3, 0.4) is 0 Å². The third-order valence-electron chi connectivity index (χ3n) is 9.94. The van der Waals surface area contributed by atoms with Gasteiger partial charge < -0.3 is 4.57 Å². The number of hydrogen-bond acceptors (Lipinski definition) is 4. The molecule has 0 aliphatic carbocycles. The predicted molar refractivity (Wildman–Crippen MR) is 226 cm³/mol. The van der Waals surface area contributed by atoms with Gasteiger partial charge in [-0.3, -0.25) is 0 Å². The van der Waals surface area contributed by atoms with Crippen LogP contribution in [0.15, 0.2) is 182 Å². The van der Waals surface area contributed by atoms with Crippen LogP contribution in [0.1, 0.15) is 9.60 Å². The SMILES string of the molecule is [2H]c1cc([2H])c2c(c1[2H])c1c([2H])c([2H])c([2H])c([2H])c1n2-c1ccccc1-c1nc(-c2cccc(-c3cccc4c3sc3ccccc34)c2)nc(-c2ccc3ccccc3c2)n1. The molecule has 0 fully saturated rings. The fourth-order valence-electron chi connectivity index (χ4n) is 7.45. The van der Waals surface area contributed by atoms with Crippen molar-refractivity contribution in [3.63, 3.8) is 0 Å². The molecule has 11 aromatic rings. The number of hydrogen-bond donors (Lipinski definition) is 0. The molecule has 0 N–H and O–H groups in total. The first-order valence-corrected chi connectivity index (χ1v) is 18.4. The molecule has 8 aromatic carbocycles. The maximum Gasteiger partial charge on any atom is 0.166 e. The Bertz CT molecular complexity index is 3650. The number of aromatic nitrogens is 4. The first kappa shape index (κ1) is 24.3. The zero-order chi connectivity index (χ0) is 41.7. The molecule has 0 spiro atoms. The lowest BCUT2D eigenvalue weighted by Gasteiger charge is -2.15. The quantitative estimate of drug-likeness (QED) is 0.178. The summed E-state index contributed by atoms with van der Waals surface area (Å²) in [7, 11) is 0. The van der Waals surface area contributed by atoms with Crippen molar-refractivity contribution in [2.24, 2.45) is 0 Å². The second kappa shape index (κ2) is 12.3. The summed E-state index contributed by atoms with van der Waals surface area (Å²) in [6.45, 7) is 0. The molecule has 0 radical (unpaired) electrons. The second-order valence-corrected chi connectivity index (χ2v) is 14.1. The largest absolute Gasteiger partial charge is 0.309 e. The van der Waals surface area contributed by atoms with Crippen LogP contribution in [0.2, 0.25) is 0 Å². The molecule has 0 saturated carbocycles. The summed E-state index contributed by atoms with van der Waals surface area (Å²) in [4.78, 5) is 15.4. The Labute approximate surface area is 325 Å². The van der Waals surface area contributed by atoms with Gasteiger partial charge in [-0.1, -0.05) is 139 Å². The van der Waals surface area contributed by atoms with E-state index in [9.17, 15) is 0 Å². The van der Waals surface area contributed by atoms with Crippen LogP contribution in [0.4, 0.5) is 0 Å². The average Bonchev–Trinajstić information content (AvgIpc) is 3.87. The van der Waals surface area contributed by atoms with E-state index < -0.39 is 12.1 Å². The van der Waals surface area contributed by atoms with Gasteiger partial charge in [-0.05, 0) is 64.3 Å². The van der Waals surface area contributed by atoms with Crippen LogP contribution in [0, 0.1) is 0 Å². The van der Waals surface area contributed by atoms with Crippen LogP contribution in [-0.4, -0.2) is 19.5 Å². The van der Waals surface area contributed by atoms with E-state index in [1.165, 1.54) is 26.2 Å². The minimum Gasteiger partial charge on any atom is -0.309 e. The molecule has 252 valence electrons. The summed E-state index contributed by atoms with van der Waals surface area (Å²) >= 11 is 1.77. The van der Waals surface area contributed by atoms with Crippen molar-refractivity contribution in [2.45, 2.75) is 0 Å². The summed E-state index contributed by atoms with van der Waals surface area (Å²) in [5, 5.41) is 4.68. The van der Waals surface area contributed by atoms with E-state index in [4.69, 9.17) is 24.5 Å². The molecule has 0 bridgehead atoms. The van der Waals surface area contributed by atoms with Gasteiger partial charge in [-0.25, -0.2) is 15.0 Å². The normalized spacial score (nSPS) is 13.5. The average molecular weight is 714 g/mol. The van der Waals surface area contributed by atoms with Gasteiger partial charge in [-0.15, -0.1) is 11.3 Å². The Balaban J connectivity index is 1.18. The number of para-hydroxylation sites is 3. The van der Waals surface area contributed by atoms with Gasteiger partial charge in [0, 0.05) is 47.6 Å². The van der Waals surface area contributed by atoms with E-state index in [-0.39, 0.29) is 52.0 Å². The first-order chi connectivity index (χ1) is 29.7. The van der Waals surface area contributed by atoms with Gasteiger partial charge in [0.05, 0.1) is 26.3 Å². The van der Waals surface area contributed by atoms with Gasteiger partial charge in [0.2, 0.25) is 0 Å². The molecule has 0 atom stereocenters. The van der Waals surface area contributed by atoms with Crippen molar-refractivity contribution in [1.82, 2.24) is 19.5 Å². The number of benzene rings is 8. The van der Waals surface area contributed by atoms with E-state index in [1.54, 1.807) is 28.0 Å². The van der Waals surface area contributed by atoms with E-state index >= 15 is 0 Å². The molecule has 0 amide bonds. The van der Waals surface area contributed by atoms with Crippen LogP contribution in [-0.2, 0) is 0 Å². The third-order valence-corrected chi connectivity index (χ3v) is 11.2.